The number of aliphatic carboxylic acids is 1. The molecular weight excluding hydrogens is 262 g/mol. The topological polar surface area (TPSA) is 102 Å². The van der Waals surface area contributed by atoms with Gasteiger partial charge < -0.3 is 25.4 Å². The third-order valence-electron chi connectivity index (χ3n) is 2.39. The van der Waals surface area contributed by atoms with Gasteiger partial charge in [0.2, 0.25) is 0 Å². The number of rotatable bonds is 5. The van der Waals surface area contributed by atoms with Gasteiger partial charge in [-0.1, -0.05) is 11.6 Å². The van der Waals surface area contributed by atoms with E-state index in [0.717, 1.165) is 0 Å². The number of halogens is 1. The average molecular weight is 276 g/mol. The number of phenols is 1. The summed E-state index contributed by atoms with van der Waals surface area (Å²) in [5.74, 6) is -0.877. The maximum absolute atomic E-state index is 10.6. The first-order chi connectivity index (χ1) is 8.42. The predicted octanol–water partition coefficient (Wildman–Crippen LogP) is 1.54. The van der Waals surface area contributed by atoms with Gasteiger partial charge in [-0.3, -0.25) is 4.79 Å². The molecule has 6 nitrogen and oxygen atoms in total. The number of hydrogen-bond acceptors (Lipinski definition) is 5. The summed E-state index contributed by atoms with van der Waals surface area (Å²) in [6.45, 7) is 0. The standard InChI is InChI=1S/C11H14ClNO5/c1-17-7-4-6(14)9(5(13)3-8(15)16)10(12)11(7)18-2/h4-5,14H,3,13H2,1-2H3,(H,15,16). The molecule has 0 aromatic heterocycles. The van der Waals surface area contributed by atoms with Crippen LogP contribution in [0, 0.1) is 0 Å². The number of ether oxygens (including phenoxy) is 2. The van der Waals surface area contributed by atoms with Crippen molar-refractivity contribution in [2.24, 2.45) is 5.73 Å². The molecule has 0 aliphatic rings. The van der Waals surface area contributed by atoms with Crippen molar-refractivity contribution in [3.63, 3.8) is 0 Å². The average Bonchev–Trinajstić information content (AvgIpc) is 2.27. The zero-order chi connectivity index (χ0) is 13.9. The van der Waals surface area contributed by atoms with Crippen molar-refractivity contribution in [3.05, 3.63) is 16.7 Å². The fourth-order valence-corrected chi connectivity index (χ4v) is 2.00. The van der Waals surface area contributed by atoms with E-state index in [1.807, 2.05) is 0 Å². The molecule has 100 valence electrons. The SMILES string of the molecule is COc1cc(O)c(C(N)CC(=O)O)c(Cl)c1OC. The Bertz CT molecular complexity index is 463. The monoisotopic (exact) mass is 275 g/mol. The van der Waals surface area contributed by atoms with E-state index in [-0.39, 0.29) is 34.3 Å². The smallest absolute Gasteiger partial charge is 0.305 e. The first-order valence-electron chi connectivity index (χ1n) is 5.03. The third kappa shape index (κ3) is 2.77. The van der Waals surface area contributed by atoms with Crippen molar-refractivity contribution in [1.82, 2.24) is 0 Å². The van der Waals surface area contributed by atoms with E-state index in [0.29, 0.717) is 0 Å². The number of methoxy groups -OCH3 is 2. The summed E-state index contributed by atoms with van der Waals surface area (Å²) < 4.78 is 10.0. The van der Waals surface area contributed by atoms with Crippen molar-refractivity contribution in [3.8, 4) is 17.2 Å². The summed E-state index contributed by atoms with van der Waals surface area (Å²) in [6.07, 6.45) is -0.358. The molecule has 0 spiro atoms. The molecule has 1 atom stereocenters. The van der Waals surface area contributed by atoms with Crippen molar-refractivity contribution >= 4 is 17.6 Å². The molecule has 0 amide bonds. The predicted molar refractivity (Wildman–Crippen MR) is 65.4 cm³/mol. The highest BCUT2D eigenvalue weighted by Gasteiger charge is 2.23. The molecule has 0 radical (unpaired) electrons. The molecule has 0 aliphatic carbocycles. The summed E-state index contributed by atoms with van der Waals surface area (Å²) in [4.78, 5) is 10.6. The summed E-state index contributed by atoms with van der Waals surface area (Å²) in [5, 5.41) is 18.6. The Hall–Kier alpha value is -1.66. The second kappa shape index (κ2) is 5.79. The first kappa shape index (κ1) is 14.4. The van der Waals surface area contributed by atoms with Crippen molar-refractivity contribution < 1.29 is 24.5 Å². The van der Waals surface area contributed by atoms with Gasteiger partial charge in [-0.05, 0) is 0 Å². The van der Waals surface area contributed by atoms with Crippen LogP contribution in [0.2, 0.25) is 5.02 Å². The summed E-state index contributed by atoms with van der Waals surface area (Å²) in [5.41, 5.74) is 5.81. The van der Waals surface area contributed by atoms with Gasteiger partial charge in [-0.15, -0.1) is 0 Å². The van der Waals surface area contributed by atoms with Crippen LogP contribution in [0.5, 0.6) is 17.2 Å². The lowest BCUT2D eigenvalue weighted by atomic mass is 10.0. The molecule has 0 saturated heterocycles. The lowest BCUT2D eigenvalue weighted by Crippen LogP contribution is -2.16. The van der Waals surface area contributed by atoms with Gasteiger partial charge in [-0.25, -0.2) is 0 Å². The van der Waals surface area contributed by atoms with Crippen LogP contribution in [0.1, 0.15) is 18.0 Å². The van der Waals surface area contributed by atoms with E-state index >= 15 is 0 Å². The molecule has 1 rings (SSSR count). The molecule has 1 aromatic rings. The Balaban J connectivity index is 3.31. The van der Waals surface area contributed by atoms with Gasteiger partial charge in [0, 0.05) is 17.7 Å². The number of carboxylic acid groups (broad SMARTS) is 1. The molecule has 1 unspecified atom stereocenters. The molecule has 0 heterocycles. The zero-order valence-electron chi connectivity index (χ0n) is 9.94. The number of nitrogens with two attached hydrogens (primary N) is 1. The van der Waals surface area contributed by atoms with Crippen LogP contribution < -0.4 is 15.2 Å². The quantitative estimate of drug-likeness (QED) is 0.753. The van der Waals surface area contributed by atoms with Gasteiger partial charge in [0.1, 0.15) is 5.75 Å². The summed E-state index contributed by atoms with van der Waals surface area (Å²) in [7, 11) is 2.78. The van der Waals surface area contributed by atoms with Gasteiger partial charge in [0.15, 0.2) is 11.5 Å². The van der Waals surface area contributed by atoms with Gasteiger partial charge >= 0.3 is 5.97 Å². The molecule has 0 bridgehead atoms. The van der Waals surface area contributed by atoms with Gasteiger partial charge in [0.05, 0.1) is 25.7 Å². The Kier molecular flexibility index (Phi) is 4.63. The normalized spacial score (nSPS) is 12.0. The summed E-state index contributed by atoms with van der Waals surface area (Å²) in [6, 6.07) is 0.344. The molecular formula is C11H14ClNO5. The number of carbonyl (C=O) groups is 1. The van der Waals surface area contributed by atoms with Crippen LogP contribution in [0.4, 0.5) is 0 Å². The molecule has 0 aliphatic heterocycles. The Morgan fingerprint density at radius 3 is 2.56 bits per heavy atom. The highest BCUT2D eigenvalue weighted by molar-refractivity contribution is 6.33. The number of carboxylic acids is 1. The van der Waals surface area contributed by atoms with E-state index in [1.165, 1.54) is 20.3 Å². The maximum atomic E-state index is 10.6. The van der Waals surface area contributed by atoms with Crippen molar-refractivity contribution in [1.29, 1.82) is 0 Å². The highest BCUT2D eigenvalue weighted by Crippen LogP contribution is 2.44. The maximum Gasteiger partial charge on any atom is 0.305 e. The van der Waals surface area contributed by atoms with Crippen LogP contribution in [-0.2, 0) is 4.79 Å². The van der Waals surface area contributed by atoms with Crippen LogP contribution in [0.15, 0.2) is 6.07 Å². The van der Waals surface area contributed by atoms with Gasteiger partial charge in [-0.2, -0.15) is 0 Å². The van der Waals surface area contributed by atoms with Crippen LogP contribution >= 0.6 is 11.6 Å². The van der Waals surface area contributed by atoms with E-state index in [4.69, 9.17) is 31.9 Å². The number of benzene rings is 1. The minimum Gasteiger partial charge on any atom is -0.507 e. The van der Waals surface area contributed by atoms with Crippen molar-refractivity contribution in [2.45, 2.75) is 12.5 Å². The van der Waals surface area contributed by atoms with Crippen molar-refractivity contribution in [2.75, 3.05) is 14.2 Å². The van der Waals surface area contributed by atoms with E-state index in [1.54, 1.807) is 0 Å². The largest absolute Gasteiger partial charge is 0.507 e. The van der Waals surface area contributed by atoms with E-state index in [9.17, 15) is 9.90 Å². The molecule has 1 aromatic carbocycles. The third-order valence-corrected chi connectivity index (χ3v) is 2.77. The minimum atomic E-state index is -1.09. The fraction of sp³-hybridized carbons (Fsp3) is 0.364. The number of aromatic hydroxyl groups is 1. The van der Waals surface area contributed by atoms with Gasteiger partial charge in [0.25, 0.3) is 0 Å². The van der Waals surface area contributed by atoms with Crippen LogP contribution in [-0.4, -0.2) is 30.4 Å². The molecule has 0 saturated carbocycles. The molecule has 18 heavy (non-hydrogen) atoms. The number of hydrogen-bond donors (Lipinski definition) is 3. The fourth-order valence-electron chi connectivity index (χ4n) is 1.60. The summed E-state index contributed by atoms with van der Waals surface area (Å²) >= 11 is 6.04. The second-order valence-electron chi connectivity index (χ2n) is 3.56. The Morgan fingerprint density at radius 1 is 1.50 bits per heavy atom. The molecule has 0 fully saturated rings. The number of phenolic OH excluding ortho intramolecular Hbond substituents is 1. The van der Waals surface area contributed by atoms with E-state index in [2.05, 4.69) is 0 Å². The second-order valence-corrected chi connectivity index (χ2v) is 3.94. The van der Waals surface area contributed by atoms with E-state index < -0.39 is 12.0 Å². The zero-order valence-corrected chi connectivity index (χ0v) is 10.7. The molecule has 4 N–H and O–H groups in total. The van der Waals surface area contributed by atoms with Crippen LogP contribution in [0.25, 0.3) is 0 Å². The highest BCUT2D eigenvalue weighted by atomic mass is 35.5. The Labute approximate surface area is 109 Å². The Morgan fingerprint density at radius 2 is 2.11 bits per heavy atom. The lowest BCUT2D eigenvalue weighted by molar-refractivity contribution is -0.137. The minimum absolute atomic E-state index is 0.0445. The first-order valence-corrected chi connectivity index (χ1v) is 5.40. The molecule has 7 heteroatoms. The lowest BCUT2D eigenvalue weighted by Gasteiger charge is -2.18. The van der Waals surface area contributed by atoms with Crippen LogP contribution in [0.3, 0.4) is 0 Å².